The first-order valence-corrected chi connectivity index (χ1v) is 19.9. The van der Waals surface area contributed by atoms with Gasteiger partial charge in [-0.3, -0.25) is 19.1 Å². The third-order valence-corrected chi connectivity index (χ3v) is 12.3. The molecule has 6 rings (SSSR count). The number of alkyl carbamates (subject to hydrolysis) is 1. The van der Waals surface area contributed by atoms with Crippen molar-refractivity contribution in [3.8, 4) is 11.1 Å². The Kier molecular flexibility index (Phi) is 11.0. The average Bonchev–Trinajstić information content (AvgIpc) is 4.00. The topological polar surface area (TPSA) is 173 Å². The number of likely N-dealkylation sites (tertiary alicyclic amines) is 1. The number of benzene rings is 2. The Hall–Kier alpha value is -4.72. The number of nitrogens with one attached hydrogen (secondary N) is 3. The Bertz CT molecular complexity index is 1850. The molecule has 0 unspecified atom stereocenters. The molecule has 3 N–H and O–H groups in total. The van der Waals surface area contributed by atoms with Gasteiger partial charge < -0.3 is 25.1 Å². The lowest BCUT2D eigenvalue weighted by molar-refractivity contribution is -0.143. The number of carbonyl (C=O) groups excluding carboxylic acids is 4. The molecular weight excluding hydrogens is 699 g/mol. The van der Waals surface area contributed by atoms with Gasteiger partial charge in [0.1, 0.15) is 29.8 Å². The molecule has 2 aromatic rings. The first kappa shape index (κ1) is 38.0. The van der Waals surface area contributed by atoms with Gasteiger partial charge in [-0.25, -0.2) is 13.2 Å². The number of oxime groups is 1. The summed E-state index contributed by atoms with van der Waals surface area (Å²) in [6, 6.07) is 15.3. The molecule has 2 aromatic carbocycles. The SMILES string of the molecule is C=C[C@@H]1C[C@@]1(NC(=O)[C@@H]1C[C@@H](O/N=C/c2ccccc2-c2ccccc2)CN1C(=O)[C@@H](NC(=O)OC1CCCC1)C(C)(C)C)C(=O)NS(=O)(=O)C1CC1. The number of rotatable bonds is 13. The van der Waals surface area contributed by atoms with Crippen LogP contribution in [-0.4, -0.2) is 85.0 Å². The fourth-order valence-electron chi connectivity index (χ4n) is 7.17. The highest BCUT2D eigenvalue weighted by molar-refractivity contribution is 7.91. The van der Waals surface area contributed by atoms with E-state index in [4.69, 9.17) is 9.57 Å². The van der Waals surface area contributed by atoms with Crippen molar-refractivity contribution >= 4 is 40.1 Å². The molecule has 0 radical (unpaired) electrons. The maximum atomic E-state index is 14.4. The lowest BCUT2D eigenvalue weighted by atomic mass is 9.85. The Balaban J connectivity index is 1.23. The Morgan fingerprint density at radius 2 is 1.66 bits per heavy atom. The van der Waals surface area contributed by atoms with Crippen molar-refractivity contribution in [2.45, 2.75) is 107 Å². The van der Waals surface area contributed by atoms with Crippen LogP contribution in [0.1, 0.15) is 77.7 Å². The summed E-state index contributed by atoms with van der Waals surface area (Å²) in [6.07, 6.45) is 5.97. The van der Waals surface area contributed by atoms with Crippen molar-refractivity contribution in [3.05, 3.63) is 72.8 Å². The quantitative estimate of drug-likeness (QED) is 0.154. The van der Waals surface area contributed by atoms with Gasteiger partial charge in [0.15, 0.2) is 0 Å². The van der Waals surface area contributed by atoms with Crippen LogP contribution >= 0.6 is 0 Å². The van der Waals surface area contributed by atoms with E-state index in [1.807, 2.05) is 54.6 Å². The number of carbonyl (C=O) groups is 4. The van der Waals surface area contributed by atoms with E-state index in [2.05, 4.69) is 27.1 Å². The van der Waals surface area contributed by atoms with E-state index in [1.165, 1.54) is 11.0 Å². The van der Waals surface area contributed by atoms with Crippen LogP contribution in [0.2, 0.25) is 0 Å². The summed E-state index contributed by atoms with van der Waals surface area (Å²) in [5.41, 5.74) is 0.416. The molecule has 0 aromatic heterocycles. The number of hydrogen-bond acceptors (Lipinski definition) is 9. The minimum absolute atomic E-state index is 0.0233. The molecule has 53 heavy (non-hydrogen) atoms. The monoisotopic (exact) mass is 747 g/mol. The maximum Gasteiger partial charge on any atom is 0.408 e. The highest BCUT2D eigenvalue weighted by Crippen LogP contribution is 2.45. The largest absolute Gasteiger partial charge is 0.446 e. The van der Waals surface area contributed by atoms with E-state index in [1.54, 1.807) is 27.0 Å². The highest BCUT2D eigenvalue weighted by Gasteiger charge is 2.62. The minimum Gasteiger partial charge on any atom is -0.446 e. The molecule has 4 fully saturated rings. The zero-order valence-electron chi connectivity index (χ0n) is 30.5. The Morgan fingerprint density at radius 1 is 0.981 bits per heavy atom. The van der Waals surface area contributed by atoms with E-state index in [-0.39, 0.29) is 25.5 Å². The zero-order valence-corrected chi connectivity index (χ0v) is 31.3. The van der Waals surface area contributed by atoms with Gasteiger partial charge >= 0.3 is 6.09 Å². The summed E-state index contributed by atoms with van der Waals surface area (Å²) in [7, 11) is -3.89. The highest BCUT2D eigenvalue weighted by atomic mass is 32.2. The zero-order chi connectivity index (χ0) is 38.0. The second kappa shape index (κ2) is 15.3. The van der Waals surface area contributed by atoms with Gasteiger partial charge in [0, 0.05) is 17.9 Å². The summed E-state index contributed by atoms with van der Waals surface area (Å²) >= 11 is 0. The first-order valence-electron chi connectivity index (χ1n) is 18.3. The molecule has 4 amide bonds. The molecule has 1 aliphatic heterocycles. The molecule has 4 aliphatic rings. The number of ether oxygens (including phenoxy) is 1. The van der Waals surface area contributed by atoms with Crippen molar-refractivity contribution in [1.82, 2.24) is 20.3 Å². The van der Waals surface area contributed by atoms with Gasteiger partial charge in [0.05, 0.1) is 18.0 Å². The van der Waals surface area contributed by atoms with Gasteiger partial charge in [0.25, 0.3) is 5.91 Å². The second-order valence-electron chi connectivity index (χ2n) is 15.6. The number of sulfonamides is 1. The van der Waals surface area contributed by atoms with Gasteiger partial charge in [-0.15, -0.1) is 6.58 Å². The third kappa shape index (κ3) is 8.75. The molecule has 14 heteroatoms. The van der Waals surface area contributed by atoms with Gasteiger partial charge in [-0.05, 0) is 61.5 Å². The summed E-state index contributed by atoms with van der Waals surface area (Å²) in [6.45, 7) is 9.14. The average molecular weight is 748 g/mol. The van der Waals surface area contributed by atoms with Gasteiger partial charge in [-0.2, -0.15) is 0 Å². The van der Waals surface area contributed by atoms with E-state index >= 15 is 0 Å². The van der Waals surface area contributed by atoms with E-state index < -0.39 is 74.1 Å². The number of hydrogen-bond donors (Lipinski definition) is 3. The summed E-state index contributed by atoms with van der Waals surface area (Å²) < 4.78 is 33.1. The fourth-order valence-corrected chi connectivity index (χ4v) is 8.54. The van der Waals surface area contributed by atoms with Crippen molar-refractivity contribution in [3.63, 3.8) is 0 Å². The lowest BCUT2D eigenvalue weighted by Gasteiger charge is -2.35. The van der Waals surface area contributed by atoms with Crippen LogP contribution in [0.3, 0.4) is 0 Å². The van der Waals surface area contributed by atoms with Crippen molar-refractivity contribution in [2.24, 2.45) is 16.5 Å². The summed E-state index contributed by atoms with van der Waals surface area (Å²) in [5, 5.41) is 9.18. The first-order chi connectivity index (χ1) is 25.2. The fraction of sp³-hybridized carbons (Fsp3) is 0.513. The van der Waals surface area contributed by atoms with Crippen LogP contribution in [0, 0.1) is 11.3 Å². The smallest absolute Gasteiger partial charge is 0.408 e. The van der Waals surface area contributed by atoms with E-state index in [0.29, 0.717) is 12.8 Å². The third-order valence-electron chi connectivity index (χ3n) is 10.5. The van der Waals surface area contributed by atoms with Crippen LogP contribution in [0.15, 0.2) is 72.4 Å². The van der Waals surface area contributed by atoms with Gasteiger partial charge in [-0.1, -0.05) is 86.6 Å². The standard InChI is InChI=1S/C39H49N5O8S/c1-5-27-22-39(27,36(47)43-53(49,50)30-19-20-30)42-34(45)32-21-29(52-40-23-26-15-9-12-18-31(26)25-13-7-6-8-14-25)24-44(32)35(46)33(38(2,3)4)41-37(48)51-28-16-10-11-17-28/h5-9,12-15,18,23,27-30,32-33H,1,10-11,16-17,19-22,24H2,2-4H3,(H,41,48)(H,42,45)(H,43,47)/b40-23+/t27-,29-,32+,33-,39+/m1/s1. The Labute approximate surface area is 311 Å². The van der Waals surface area contributed by atoms with E-state index in [9.17, 15) is 27.6 Å². The molecule has 1 saturated heterocycles. The molecule has 284 valence electrons. The predicted molar refractivity (Wildman–Crippen MR) is 199 cm³/mol. The molecular formula is C39H49N5O8S. The summed E-state index contributed by atoms with van der Waals surface area (Å²) in [5.74, 6) is -2.54. The summed E-state index contributed by atoms with van der Waals surface area (Å²) in [4.78, 5) is 62.4. The molecule has 1 heterocycles. The van der Waals surface area contributed by atoms with Crippen molar-refractivity contribution < 1.29 is 37.2 Å². The van der Waals surface area contributed by atoms with Crippen LogP contribution in [0.25, 0.3) is 11.1 Å². The Morgan fingerprint density at radius 3 is 2.30 bits per heavy atom. The predicted octanol–water partition coefficient (Wildman–Crippen LogP) is 4.43. The number of amides is 4. The van der Waals surface area contributed by atoms with Crippen LogP contribution < -0.4 is 15.4 Å². The molecule has 13 nitrogen and oxygen atoms in total. The van der Waals surface area contributed by atoms with Crippen LogP contribution in [0.4, 0.5) is 4.79 Å². The lowest BCUT2D eigenvalue weighted by Crippen LogP contribution is -2.60. The maximum absolute atomic E-state index is 14.4. The van der Waals surface area contributed by atoms with Crippen LogP contribution in [-0.2, 0) is 34.0 Å². The second-order valence-corrected chi connectivity index (χ2v) is 17.6. The van der Waals surface area contributed by atoms with Crippen molar-refractivity contribution in [1.29, 1.82) is 0 Å². The molecule has 0 bridgehead atoms. The van der Waals surface area contributed by atoms with Crippen LogP contribution in [0.5, 0.6) is 0 Å². The number of nitrogens with zero attached hydrogens (tertiary/aromatic N) is 2. The van der Waals surface area contributed by atoms with Gasteiger partial charge in [0.2, 0.25) is 21.8 Å². The van der Waals surface area contributed by atoms with Crippen molar-refractivity contribution in [2.75, 3.05) is 6.54 Å². The van der Waals surface area contributed by atoms with E-state index in [0.717, 1.165) is 42.4 Å². The normalized spacial score (nSPS) is 25.0. The minimum atomic E-state index is -3.89. The molecule has 0 spiro atoms. The molecule has 3 saturated carbocycles. The molecule has 5 atom stereocenters. The molecule has 3 aliphatic carbocycles.